The van der Waals surface area contributed by atoms with E-state index in [4.69, 9.17) is 4.74 Å². The highest BCUT2D eigenvalue weighted by atomic mass is 79.9. The molecule has 1 aromatic carbocycles. The van der Waals surface area contributed by atoms with Crippen LogP contribution in [0.15, 0.2) is 46.9 Å². The van der Waals surface area contributed by atoms with Crippen molar-refractivity contribution in [3.8, 4) is 5.75 Å². The Labute approximate surface area is 127 Å². The Morgan fingerprint density at radius 3 is 2.70 bits per heavy atom. The van der Waals surface area contributed by atoms with Crippen molar-refractivity contribution in [2.24, 2.45) is 0 Å². The van der Waals surface area contributed by atoms with Crippen molar-refractivity contribution in [2.45, 2.75) is 32.0 Å². The first-order chi connectivity index (χ1) is 9.81. The molecule has 1 aliphatic rings. The molecule has 20 heavy (non-hydrogen) atoms. The third-order valence-electron chi connectivity index (χ3n) is 3.23. The summed E-state index contributed by atoms with van der Waals surface area (Å²) >= 11 is 3.48. The van der Waals surface area contributed by atoms with Crippen LogP contribution in [0.2, 0.25) is 0 Å². The first-order valence-electron chi connectivity index (χ1n) is 6.87. The summed E-state index contributed by atoms with van der Waals surface area (Å²) in [5.41, 5.74) is 2.03. The molecule has 1 N–H and O–H groups in total. The Balaban J connectivity index is 1.59. The average molecular weight is 333 g/mol. The molecule has 3 rings (SSSR count). The van der Waals surface area contributed by atoms with Gasteiger partial charge in [0.05, 0.1) is 15.9 Å². The van der Waals surface area contributed by atoms with Gasteiger partial charge in [0.1, 0.15) is 12.4 Å². The summed E-state index contributed by atoms with van der Waals surface area (Å²) in [7, 11) is 0. The minimum atomic E-state index is 0.486. The molecule has 0 spiro atoms. The van der Waals surface area contributed by atoms with E-state index in [1.807, 2.05) is 36.4 Å². The summed E-state index contributed by atoms with van der Waals surface area (Å²) in [6.07, 6.45) is 2.59. The average Bonchev–Trinajstić information content (AvgIpc) is 3.29. The fourth-order valence-electron chi connectivity index (χ4n) is 1.96. The summed E-state index contributed by atoms with van der Waals surface area (Å²) in [4.78, 5) is 4.61. The van der Waals surface area contributed by atoms with Gasteiger partial charge >= 0.3 is 0 Å². The minimum Gasteiger partial charge on any atom is -0.486 e. The SMILES string of the molecule is Brc1ccccc1OCc1cccc(CNC2CC2)n1. The summed E-state index contributed by atoms with van der Waals surface area (Å²) in [5.74, 6) is 0.843. The zero-order chi connectivity index (χ0) is 13.8. The van der Waals surface area contributed by atoms with Crippen LogP contribution in [0.5, 0.6) is 5.75 Å². The molecule has 0 atom stereocenters. The first kappa shape index (κ1) is 13.6. The summed E-state index contributed by atoms with van der Waals surface area (Å²) in [6.45, 7) is 1.33. The number of halogens is 1. The molecular formula is C16H17BrN2O. The third kappa shape index (κ3) is 3.81. The Bertz CT molecular complexity index is 584. The van der Waals surface area contributed by atoms with Crippen molar-refractivity contribution in [1.29, 1.82) is 0 Å². The molecular weight excluding hydrogens is 316 g/mol. The molecule has 104 valence electrons. The van der Waals surface area contributed by atoms with E-state index in [0.29, 0.717) is 12.6 Å². The van der Waals surface area contributed by atoms with E-state index in [-0.39, 0.29) is 0 Å². The van der Waals surface area contributed by atoms with E-state index in [1.165, 1.54) is 12.8 Å². The van der Waals surface area contributed by atoms with Crippen molar-refractivity contribution in [2.75, 3.05) is 0 Å². The zero-order valence-electron chi connectivity index (χ0n) is 11.2. The zero-order valence-corrected chi connectivity index (χ0v) is 12.8. The summed E-state index contributed by atoms with van der Waals surface area (Å²) < 4.78 is 6.75. The van der Waals surface area contributed by atoms with Gasteiger partial charge in [-0.1, -0.05) is 18.2 Å². The van der Waals surface area contributed by atoms with Crippen LogP contribution in [0.1, 0.15) is 24.2 Å². The largest absolute Gasteiger partial charge is 0.486 e. The molecule has 0 amide bonds. The van der Waals surface area contributed by atoms with Crippen LogP contribution in [-0.2, 0) is 13.2 Å². The molecule has 1 fully saturated rings. The van der Waals surface area contributed by atoms with E-state index in [0.717, 1.165) is 28.2 Å². The maximum absolute atomic E-state index is 5.79. The lowest BCUT2D eigenvalue weighted by molar-refractivity contribution is 0.299. The second-order valence-corrected chi connectivity index (χ2v) is 5.85. The molecule has 0 saturated heterocycles. The normalized spacial score (nSPS) is 14.2. The second-order valence-electron chi connectivity index (χ2n) is 4.99. The van der Waals surface area contributed by atoms with Crippen molar-refractivity contribution in [3.63, 3.8) is 0 Å². The Morgan fingerprint density at radius 2 is 1.90 bits per heavy atom. The molecule has 1 heterocycles. The highest BCUT2D eigenvalue weighted by Gasteiger charge is 2.20. The molecule has 0 bridgehead atoms. The molecule has 1 aliphatic carbocycles. The lowest BCUT2D eigenvalue weighted by Gasteiger charge is -2.09. The van der Waals surface area contributed by atoms with Gasteiger partial charge in [-0.3, -0.25) is 4.98 Å². The quantitative estimate of drug-likeness (QED) is 0.876. The number of benzene rings is 1. The van der Waals surface area contributed by atoms with E-state index >= 15 is 0 Å². The third-order valence-corrected chi connectivity index (χ3v) is 3.88. The van der Waals surface area contributed by atoms with Crippen molar-refractivity contribution in [3.05, 3.63) is 58.3 Å². The van der Waals surface area contributed by atoms with Gasteiger partial charge in [-0.05, 0) is 53.0 Å². The number of rotatable bonds is 6. The molecule has 0 unspecified atom stereocenters. The van der Waals surface area contributed by atoms with Crippen LogP contribution in [-0.4, -0.2) is 11.0 Å². The van der Waals surface area contributed by atoms with Gasteiger partial charge < -0.3 is 10.1 Å². The summed E-state index contributed by atoms with van der Waals surface area (Å²) in [5, 5.41) is 3.47. The van der Waals surface area contributed by atoms with Crippen molar-refractivity contribution in [1.82, 2.24) is 10.3 Å². The smallest absolute Gasteiger partial charge is 0.134 e. The van der Waals surface area contributed by atoms with E-state index in [2.05, 4.69) is 32.3 Å². The van der Waals surface area contributed by atoms with Crippen LogP contribution < -0.4 is 10.1 Å². The molecule has 0 radical (unpaired) electrons. The van der Waals surface area contributed by atoms with Crippen LogP contribution >= 0.6 is 15.9 Å². The van der Waals surface area contributed by atoms with E-state index in [9.17, 15) is 0 Å². The van der Waals surface area contributed by atoms with Gasteiger partial charge in [-0.2, -0.15) is 0 Å². The number of ether oxygens (including phenoxy) is 1. The summed E-state index contributed by atoms with van der Waals surface area (Å²) in [6, 6.07) is 14.6. The maximum Gasteiger partial charge on any atom is 0.134 e. The number of hydrogen-bond donors (Lipinski definition) is 1. The number of nitrogens with one attached hydrogen (secondary N) is 1. The van der Waals surface area contributed by atoms with Crippen molar-refractivity contribution < 1.29 is 4.74 Å². The number of aromatic nitrogens is 1. The predicted molar refractivity (Wildman–Crippen MR) is 82.6 cm³/mol. The lowest BCUT2D eigenvalue weighted by atomic mass is 10.3. The van der Waals surface area contributed by atoms with Crippen LogP contribution in [0.4, 0.5) is 0 Å². The Kier molecular flexibility index (Phi) is 4.33. The molecule has 1 saturated carbocycles. The van der Waals surface area contributed by atoms with Gasteiger partial charge in [-0.25, -0.2) is 0 Å². The fourth-order valence-corrected chi connectivity index (χ4v) is 2.36. The van der Waals surface area contributed by atoms with Gasteiger partial charge in [-0.15, -0.1) is 0 Å². The Morgan fingerprint density at radius 1 is 1.10 bits per heavy atom. The Hall–Kier alpha value is -1.39. The molecule has 2 aromatic rings. The van der Waals surface area contributed by atoms with Gasteiger partial charge in [0.25, 0.3) is 0 Å². The predicted octanol–water partition coefficient (Wildman–Crippen LogP) is 3.68. The molecule has 0 aliphatic heterocycles. The highest BCUT2D eigenvalue weighted by Crippen LogP contribution is 2.24. The maximum atomic E-state index is 5.79. The number of para-hydroxylation sites is 1. The van der Waals surface area contributed by atoms with Gasteiger partial charge in [0.15, 0.2) is 0 Å². The monoisotopic (exact) mass is 332 g/mol. The molecule has 4 heteroatoms. The van der Waals surface area contributed by atoms with Crippen LogP contribution in [0.3, 0.4) is 0 Å². The molecule has 3 nitrogen and oxygen atoms in total. The van der Waals surface area contributed by atoms with E-state index in [1.54, 1.807) is 0 Å². The van der Waals surface area contributed by atoms with Crippen LogP contribution in [0, 0.1) is 0 Å². The number of pyridine rings is 1. The second kappa shape index (κ2) is 6.37. The van der Waals surface area contributed by atoms with E-state index < -0.39 is 0 Å². The standard InChI is InChI=1S/C16H17BrN2O/c17-15-6-1-2-7-16(15)20-11-14-5-3-4-13(19-14)10-18-12-8-9-12/h1-7,12,18H,8-11H2. The van der Waals surface area contributed by atoms with Gasteiger partial charge in [0, 0.05) is 12.6 Å². The minimum absolute atomic E-state index is 0.486. The number of nitrogens with zero attached hydrogens (tertiary/aromatic N) is 1. The fraction of sp³-hybridized carbons (Fsp3) is 0.312. The molecule has 1 aromatic heterocycles. The lowest BCUT2D eigenvalue weighted by Crippen LogP contribution is -2.16. The van der Waals surface area contributed by atoms with Gasteiger partial charge in [0.2, 0.25) is 0 Å². The highest BCUT2D eigenvalue weighted by molar-refractivity contribution is 9.10. The first-order valence-corrected chi connectivity index (χ1v) is 7.66. The number of hydrogen-bond acceptors (Lipinski definition) is 3. The van der Waals surface area contributed by atoms with Crippen LogP contribution in [0.25, 0.3) is 0 Å². The topological polar surface area (TPSA) is 34.1 Å². The van der Waals surface area contributed by atoms with Crippen molar-refractivity contribution >= 4 is 15.9 Å².